The van der Waals surface area contributed by atoms with Gasteiger partial charge in [-0.25, -0.2) is 4.39 Å². The first-order valence-electron chi connectivity index (χ1n) is 6.01. The van der Waals surface area contributed by atoms with Crippen molar-refractivity contribution >= 4 is 5.91 Å². The van der Waals surface area contributed by atoms with Gasteiger partial charge in [-0.3, -0.25) is 4.79 Å². The average Bonchev–Trinajstić information content (AvgIpc) is 2.37. The van der Waals surface area contributed by atoms with Crippen LogP contribution in [0.15, 0.2) is 12.1 Å². The molecule has 1 rings (SSSR count). The fourth-order valence-electron chi connectivity index (χ4n) is 1.62. The molecule has 19 heavy (non-hydrogen) atoms. The Labute approximate surface area is 110 Å². The first-order chi connectivity index (χ1) is 9.06. The second-order valence-electron chi connectivity index (χ2n) is 4.01. The van der Waals surface area contributed by atoms with Crippen LogP contribution >= 0.6 is 0 Å². The Morgan fingerprint density at radius 1 is 1.42 bits per heavy atom. The molecule has 106 valence electrons. The topological polar surface area (TPSA) is 58.6 Å². The van der Waals surface area contributed by atoms with Gasteiger partial charge in [0, 0.05) is 13.5 Å². The summed E-state index contributed by atoms with van der Waals surface area (Å²) in [5, 5.41) is 11.3. The van der Waals surface area contributed by atoms with Crippen LogP contribution in [-0.2, 0) is 11.2 Å². The van der Waals surface area contributed by atoms with Gasteiger partial charge < -0.3 is 15.2 Å². The molecule has 1 aromatic carbocycles. The van der Waals surface area contributed by atoms with Crippen LogP contribution in [0.3, 0.4) is 0 Å². The minimum Gasteiger partial charge on any atom is -0.488 e. The molecule has 0 atom stereocenters. The van der Waals surface area contributed by atoms with Crippen molar-refractivity contribution < 1.29 is 23.4 Å². The molecule has 0 aliphatic carbocycles. The number of hydrogen-bond acceptors (Lipinski definition) is 3. The van der Waals surface area contributed by atoms with E-state index < -0.39 is 11.6 Å². The predicted octanol–water partition coefficient (Wildman–Crippen LogP) is 1.40. The number of hydrogen-bond donors (Lipinski definition) is 2. The van der Waals surface area contributed by atoms with Gasteiger partial charge in [0.1, 0.15) is 6.61 Å². The predicted molar refractivity (Wildman–Crippen MR) is 65.9 cm³/mol. The molecule has 0 unspecified atom stereocenters. The number of halogens is 2. The summed E-state index contributed by atoms with van der Waals surface area (Å²) in [7, 11) is 0. The molecule has 1 amide bonds. The Morgan fingerprint density at radius 3 is 2.79 bits per heavy atom. The van der Waals surface area contributed by atoms with Crippen LogP contribution < -0.4 is 10.1 Å². The van der Waals surface area contributed by atoms with E-state index in [0.717, 1.165) is 6.07 Å². The molecule has 0 spiro atoms. The number of carbonyl (C=O) groups is 1. The molecule has 0 fully saturated rings. The normalized spacial score (nSPS) is 10.3. The standard InChI is InChI=1S/C13H17F2NO3/c1-9(18)16-6-2-3-10-4-5-11(14)12(15)13(10)19-8-7-17/h4-5,17H,2-3,6-8H2,1H3,(H,16,18). The summed E-state index contributed by atoms with van der Waals surface area (Å²) in [5.74, 6) is -2.34. The Balaban J connectivity index is 2.70. The van der Waals surface area contributed by atoms with Crippen LogP contribution in [0.5, 0.6) is 5.75 Å². The molecule has 0 aliphatic rings. The third-order valence-electron chi connectivity index (χ3n) is 2.47. The molecule has 0 heterocycles. The first kappa shape index (κ1) is 15.4. The lowest BCUT2D eigenvalue weighted by Gasteiger charge is -2.12. The SMILES string of the molecule is CC(=O)NCCCc1ccc(F)c(F)c1OCCO. The van der Waals surface area contributed by atoms with E-state index >= 15 is 0 Å². The molecule has 2 N–H and O–H groups in total. The molecule has 0 bridgehead atoms. The summed E-state index contributed by atoms with van der Waals surface area (Å²) in [6.45, 7) is 1.49. The average molecular weight is 273 g/mol. The smallest absolute Gasteiger partial charge is 0.216 e. The van der Waals surface area contributed by atoms with E-state index in [4.69, 9.17) is 9.84 Å². The largest absolute Gasteiger partial charge is 0.488 e. The maximum atomic E-state index is 13.6. The van der Waals surface area contributed by atoms with Gasteiger partial charge in [0.25, 0.3) is 0 Å². The van der Waals surface area contributed by atoms with Gasteiger partial charge in [0.2, 0.25) is 11.7 Å². The van der Waals surface area contributed by atoms with Gasteiger partial charge in [-0.15, -0.1) is 0 Å². The zero-order chi connectivity index (χ0) is 14.3. The molecule has 4 nitrogen and oxygen atoms in total. The molecular formula is C13H17F2NO3. The number of nitrogens with one attached hydrogen (secondary N) is 1. The zero-order valence-electron chi connectivity index (χ0n) is 10.7. The zero-order valence-corrected chi connectivity index (χ0v) is 10.7. The fourth-order valence-corrected chi connectivity index (χ4v) is 1.62. The maximum absolute atomic E-state index is 13.6. The Kier molecular flexibility index (Phi) is 6.21. The van der Waals surface area contributed by atoms with Crippen LogP contribution in [0, 0.1) is 11.6 Å². The van der Waals surface area contributed by atoms with Crippen molar-refractivity contribution in [3.63, 3.8) is 0 Å². The van der Waals surface area contributed by atoms with Gasteiger partial charge in [0.05, 0.1) is 6.61 Å². The van der Waals surface area contributed by atoms with Crippen molar-refractivity contribution in [1.29, 1.82) is 0 Å². The number of aliphatic hydroxyl groups is 1. The lowest BCUT2D eigenvalue weighted by molar-refractivity contribution is -0.118. The summed E-state index contributed by atoms with van der Waals surface area (Å²) >= 11 is 0. The van der Waals surface area contributed by atoms with Gasteiger partial charge >= 0.3 is 0 Å². The summed E-state index contributed by atoms with van der Waals surface area (Å²) in [4.78, 5) is 10.7. The molecule has 0 saturated heterocycles. The Morgan fingerprint density at radius 2 is 2.16 bits per heavy atom. The first-order valence-corrected chi connectivity index (χ1v) is 6.01. The number of ether oxygens (including phenoxy) is 1. The van der Waals surface area contributed by atoms with Gasteiger partial charge in [-0.1, -0.05) is 6.07 Å². The third kappa shape index (κ3) is 4.82. The highest BCUT2D eigenvalue weighted by Gasteiger charge is 2.14. The van der Waals surface area contributed by atoms with E-state index in [1.54, 1.807) is 0 Å². The second kappa shape index (κ2) is 7.68. The lowest BCUT2D eigenvalue weighted by Crippen LogP contribution is -2.21. The summed E-state index contributed by atoms with van der Waals surface area (Å²) in [5.41, 5.74) is 0.512. The van der Waals surface area contributed by atoms with E-state index in [9.17, 15) is 13.6 Å². The number of rotatable bonds is 7. The second-order valence-corrected chi connectivity index (χ2v) is 4.01. The number of aryl methyl sites for hydroxylation is 1. The molecular weight excluding hydrogens is 256 g/mol. The van der Waals surface area contributed by atoms with Gasteiger partial charge in [-0.2, -0.15) is 4.39 Å². The molecule has 6 heteroatoms. The maximum Gasteiger partial charge on any atom is 0.216 e. The number of amides is 1. The lowest BCUT2D eigenvalue weighted by atomic mass is 10.1. The summed E-state index contributed by atoms with van der Waals surface area (Å²) in [6.07, 6.45) is 1.03. The van der Waals surface area contributed by atoms with Crippen LogP contribution in [0.25, 0.3) is 0 Å². The van der Waals surface area contributed by atoms with E-state index in [2.05, 4.69) is 5.32 Å². The molecule has 0 radical (unpaired) electrons. The molecule has 0 aliphatic heterocycles. The van der Waals surface area contributed by atoms with E-state index in [1.807, 2.05) is 0 Å². The van der Waals surface area contributed by atoms with Gasteiger partial charge in [0.15, 0.2) is 11.6 Å². The fraction of sp³-hybridized carbons (Fsp3) is 0.462. The number of carbonyl (C=O) groups excluding carboxylic acids is 1. The van der Waals surface area contributed by atoms with Crippen molar-refractivity contribution in [2.45, 2.75) is 19.8 Å². The van der Waals surface area contributed by atoms with E-state index in [0.29, 0.717) is 24.9 Å². The summed E-state index contributed by atoms with van der Waals surface area (Å²) in [6, 6.07) is 2.48. The molecule has 1 aromatic rings. The van der Waals surface area contributed by atoms with Crippen molar-refractivity contribution in [2.24, 2.45) is 0 Å². The van der Waals surface area contributed by atoms with Crippen molar-refractivity contribution in [1.82, 2.24) is 5.32 Å². The molecule has 0 aromatic heterocycles. The van der Waals surface area contributed by atoms with Crippen molar-refractivity contribution in [2.75, 3.05) is 19.8 Å². The number of aliphatic hydroxyl groups excluding tert-OH is 1. The highest BCUT2D eigenvalue weighted by atomic mass is 19.2. The van der Waals surface area contributed by atoms with E-state index in [-0.39, 0.29) is 24.9 Å². The van der Waals surface area contributed by atoms with Crippen molar-refractivity contribution in [3.05, 3.63) is 29.3 Å². The van der Waals surface area contributed by atoms with Gasteiger partial charge in [-0.05, 0) is 24.5 Å². The number of benzene rings is 1. The molecule has 0 saturated carbocycles. The van der Waals surface area contributed by atoms with Crippen LogP contribution in [0.1, 0.15) is 18.9 Å². The quantitative estimate of drug-likeness (QED) is 0.738. The Hall–Kier alpha value is -1.69. The minimum absolute atomic E-state index is 0.0981. The monoisotopic (exact) mass is 273 g/mol. The van der Waals surface area contributed by atoms with Crippen LogP contribution in [0.2, 0.25) is 0 Å². The van der Waals surface area contributed by atoms with Crippen LogP contribution in [-0.4, -0.2) is 30.8 Å². The van der Waals surface area contributed by atoms with Crippen molar-refractivity contribution in [3.8, 4) is 5.75 Å². The third-order valence-corrected chi connectivity index (χ3v) is 2.47. The van der Waals surface area contributed by atoms with Crippen LogP contribution in [0.4, 0.5) is 8.78 Å². The highest BCUT2D eigenvalue weighted by Crippen LogP contribution is 2.26. The summed E-state index contributed by atoms with van der Waals surface area (Å²) < 4.78 is 31.7. The Bertz CT molecular complexity index is 438. The highest BCUT2D eigenvalue weighted by molar-refractivity contribution is 5.72. The minimum atomic E-state index is -1.05. The van der Waals surface area contributed by atoms with E-state index in [1.165, 1.54) is 13.0 Å².